The molecular weight excluding hydrogens is 440 g/mol. The van der Waals surface area contributed by atoms with Crippen LogP contribution in [0.2, 0.25) is 15.1 Å². The maximum atomic E-state index is 14.3. The first-order valence-corrected chi connectivity index (χ1v) is 9.91. The van der Waals surface area contributed by atoms with E-state index in [1.54, 1.807) is 30.4 Å². The minimum atomic E-state index is -0.818. The van der Waals surface area contributed by atoms with Crippen LogP contribution in [0.25, 0.3) is 0 Å². The van der Waals surface area contributed by atoms with Crippen LogP contribution in [-0.4, -0.2) is 25.0 Å². The van der Waals surface area contributed by atoms with Gasteiger partial charge in [0.1, 0.15) is 5.82 Å². The number of carbonyl (C=O) groups excluding carboxylic acids is 2. The average Bonchev–Trinajstić information content (AvgIpc) is 3.10. The molecule has 152 valence electrons. The van der Waals surface area contributed by atoms with Crippen molar-refractivity contribution < 1.29 is 18.7 Å². The van der Waals surface area contributed by atoms with Gasteiger partial charge < -0.3 is 10.1 Å². The molecule has 0 unspecified atom stereocenters. The summed E-state index contributed by atoms with van der Waals surface area (Å²) in [7, 11) is 1.26. The van der Waals surface area contributed by atoms with E-state index in [0.717, 1.165) is 0 Å². The van der Waals surface area contributed by atoms with Crippen LogP contribution in [0.5, 0.6) is 0 Å². The molecule has 0 aliphatic heterocycles. The molecule has 0 fully saturated rings. The van der Waals surface area contributed by atoms with Gasteiger partial charge in [-0.05, 0) is 30.5 Å². The Labute approximate surface area is 182 Å². The molecule has 3 rings (SSSR count). The van der Waals surface area contributed by atoms with Gasteiger partial charge in [-0.15, -0.1) is 0 Å². The maximum absolute atomic E-state index is 14.3. The van der Waals surface area contributed by atoms with Gasteiger partial charge in [0.2, 0.25) is 0 Å². The second-order valence-electron chi connectivity index (χ2n) is 6.63. The molecule has 0 saturated carbocycles. The molecule has 0 aromatic heterocycles. The second-order valence-corrected chi connectivity index (χ2v) is 7.88. The molecule has 2 aromatic rings. The Bertz CT molecular complexity index is 956. The van der Waals surface area contributed by atoms with Crippen molar-refractivity contribution in [1.82, 2.24) is 5.32 Å². The molecule has 1 N–H and O–H groups in total. The summed E-state index contributed by atoms with van der Waals surface area (Å²) in [5.41, 5.74) is 0.373. The first kappa shape index (κ1) is 21.6. The van der Waals surface area contributed by atoms with E-state index >= 15 is 0 Å². The smallest absolute Gasteiger partial charge is 0.313 e. The Hall–Kier alpha value is -2.08. The van der Waals surface area contributed by atoms with E-state index in [1.807, 2.05) is 0 Å². The third-order valence-electron chi connectivity index (χ3n) is 4.79. The first-order chi connectivity index (χ1) is 13.8. The summed E-state index contributed by atoms with van der Waals surface area (Å²) < 4.78 is 19.2. The number of allylic oxidation sites excluding steroid dienone is 1. The highest BCUT2D eigenvalue weighted by Gasteiger charge is 2.35. The van der Waals surface area contributed by atoms with Crippen LogP contribution in [0.4, 0.5) is 4.39 Å². The number of carbonyl (C=O) groups is 2. The van der Waals surface area contributed by atoms with Crippen LogP contribution in [0.15, 0.2) is 48.6 Å². The van der Waals surface area contributed by atoms with E-state index < -0.39 is 23.6 Å². The van der Waals surface area contributed by atoms with Gasteiger partial charge in [-0.1, -0.05) is 65.2 Å². The third kappa shape index (κ3) is 4.74. The largest absolute Gasteiger partial charge is 0.469 e. The normalized spacial score (nSPS) is 19.1. The van der Waals surface area contributed by atoms with Gasteiger partial charge in [0.05, 0.1) is 28.6 Å². The monoisotopic (exact) mass is 455 g/mol. The van der Waals surface area contributed by atoms with E-state index in [9.17, 15) is 14.0 Å². The second kappa shape index (κ2) is 9.16. The van der Waals surface area contributed by atoms with Crippen molar-refractivity contribution >= 4 is 46.7 Å². The Balaban J connectivity index is 1.77. The lowest BCUT2D eigenvalue weighted by Crippen LogP contribution is -2.34. The Morgan fingerprint density at radius 3 is 2.41 bits per heavy atom. The molecular formula is C21H17Cl3FNO3. The van der Waals surface area contributed by atoms with Crippen molar-refractivity contribution in [2.24, 2.45) is 5.92 Å². The topological polar surface area (TPSA) is 55.4 Å². The number of amides is 1. The van der Waals surface area contributed by atoms with Crippen molar-refractivity contribution in [2.75, 3.05) is 7.11 Å². The lowest BCUT2D eigenvalue weighted by molar-refractivity contribution is -0.143. The number of halogens is 4. The molecule has 2 aromatic carbocycles. The van der Waals surface area contributed by atoms with Gasteiger partial charge >= 0.3 is 5.97 Å². The summed E-state index contributed by atoms with van der Waals surface area (Å²) >= 11 is 18.1. The van der Waals surface area contributed by atoms with Crippen molar-refractivity contribution in [3.63, 3.8) is 0 Å². The highest BCUT2D eigenvalue weighted by Crippen LogP contribution is 2.36. The fraction of sp³-hybridized carbons (Fsp3) is 0.238. The molecule has 8 heteroatoms. The highest BCUT2D eigenvalue weighted by molar-refractivity contribution is 6.42. The van der Waals surface area contributed by atoms with E-state index in [1.165, 1.54) is 25.3 Å². The molecule has 0 spiro atoms. The number of methoxy groups -OCH3 is 1. The summed E-state index contributed by atoms with van der Waals surface area (Å²) in [6, 6.07) is 8.56. The zero-order valence-corrected chi connectivity index (χ0v) is 17.6. The lowest BCUT2D eigenvalue weighted by atomic mass is 9.85. The maximum Gasteiger partial charge on any atom is 0.313 e. The summed E-state index contributed by atoms with van der Waals surface area (Å²) in [6.45, 7) is 0. The molecule has 1 amide bonds. The van der Waals surface area contributed by atoms with Crippen molar-refractivity contribution in [1.29, 1.82) is 0 Å². The van der Waals surface area contributed by atoms with Crippen LogP contribution in [0.1, 0.15) is 28.3 Å². The minimum Gasteiger partial charge on any atom is -0.469 e. The van der Waals surface area contributed by atoms with E-state index in [-0.39, 0.29) is 33.1 Å². The van der Waals surface area contributed by atoms with Gasteiger partial charge in [-0.25, -0.2) is 4.39 Å². The van der Waals surface area contributed by atoms with Crippen LogP contribution in [0, 0.1) is 11.7 Å². The molecule has 4 nitrogen and oxygen atoms in total. The predicted octanol–water partition coefficient (Wildman–Crippen LogP) is 5.42. The SMILES string of the molecule is COC(=O)[C@H](c1ccccc1F)[C@H]1C=C[C@@H](NC(=O)c2c(Cl)cc(Cl)cc2Cl)C1. The average molecular weight is 457 g/mol. The van der Waals surface area contributed by atoms with Gasteiger partial charge in [-0.3, -0.25) is 9.59 Å². The number of hydrogen-bond donors (Lipinski definition) is 1. The van der Waals surface area contributed by atoms with Crippen molar-refractivity contribution in [2.45, 2.75) is 18.4 Å². The molecule has 1 aliphatic carbocycles. The van der Waals surface area contributed by atoms with Gasteiger partial charge in [-0.2, -0.15) is 0 Å². The van der Waals surface area contributed by atoms with E-state index in [2.05, 4.69) is 5.32 Å². The van der Waals surface area contributed by atoms with Crippen LogP contribution < -0.4 is 5.32 Å². The highest BCUT2D eigenvalue weighted by atomic mass is 35.5. The Kier molecular flexibility index (Phi) is 6.83. The molecule has 29 heavy (non-hydrogen) atoms. The standard InChI is InChI=1S/C21H17Cl3FNO3/c1-29-21(28)18(14-4-2-3-5-17(14)25)11-6-7-13(8-11)26-20(27)19-15(23)9-12(22)10-16(19)24/h2-7,9-11,13,18H,8H2,1H3,(H,26,27)/t11-,13+,18-/m0/s1. The molecule has 0 heterocycles. The van der Waals surface area contributed by atoms with Gasteiger partial charge in [0.15, 0.2) is 0 Å². The summed E-state index contributed by atoms with van der Waals surface area (Å²) in [5, 5.41) is 3.42. The fourth-order valence-electron chi connectivity index (χ4n) is 3.47. The van der Waals surface area contributed by atoms with Gasteiger partial charge in [0.25, 0.3) is 5.91 Å². The lowest BCUT2D eigenvalue weighted by Gasteiger charge is -2.22. The number of nitrogens with one attached hydrogen (secondary N) is 1. The van der Waals surface area contributed by atoms with Crippen LogP contribution in [-0.2, 0) is 9.53 Å². The number of rotatable bonds is 5. The number of benzene rings is 2. The molecule has 1 aliphatic rings. The fourth-order valence-corrected chi connectivity index (χ4v) is 4.46. The van der Waals surface area contributed by atoms with Crippen molar-refractivity contribution in [3.05, 3.63) is 80.6 Å². The van der Waals surface area contributed by atoms with Crippen LogP contribution in [0.3, 0.4) is 0 Å². The minimum absolute atomic E-state index is 0.119. The molecule has 0 radical (unpaired) electrons. The molecule has 0 bridgehead atoms. The predicted molar refractivity (Wildman–Crippen MR) is 111 cm³/mol. The quantitative estimate of drug-likeness (QED) is 0.483. The Morgan fingerprint density at radius 1 is 1.14 bits per heavy atom. The zero-order valence-electron chi connectivity index (χ0n) is 15.3. The number of ether oxygens (including phenoxy) is 1. The Morgan fingerprint density at radius 2 is 1.79 bits per heavy atom. The van der Waals surface area contributed by atoms with Crippen molar-refractivity contribution in [3.8, 4) is 0 Å². The first-order valence-electron chi connectivity index (χ1n) is 8.77. The number of hydrogen-bond acceptors (Lipinski definition) is 3. The number of esters is 1. The van der Waals surface area contributed by atoms with E-state index in [0.29, 0.717) is 11.4 Å². The summed E-state index contributed by atoms with van der Waals surface area (Å²) in [6.07, 6.45) is 3.93. The third-order valence-corrected chi connectivity index (χ3v) is 5.61. The summed E-state index contributed by atoms with van der Waals surface area (Å²) in [5.74, 6) is -2.65. The molecule has 3 atom stereocenters. The van der Waals surface area contributed by atoms with Crippen LogP contribution >= 0.6 is 34.8 Å². The zero-order chi connectivity index (χ0) is 21.1. The van der Waals surface area contributed by atoms with E-state index in [4.69, 9.17) is 39.5 Å². The van der Waals surface area contributed by atoms with Gasteiger partial charge in [0, 0.05) is 16.6 Å². The molecule has 0 saturated heterocycles. The summed E-state index contributed by atoms with van der Waals surface area (Å²) in [4.78, 5) is 25.0.